The molecule has 2 aromatic carbocycles. The van der Waals surface area contributed by atoms with Gasteiger partial charge in [-0.2, -0.15) is 0 Å². The zero-order valence-electron chi connectivity index (χ0n) is 19.0. The minimum atomic E-state index is -0.655. The number of aromatic amines is 1. The Balaban J connectivity index is 0.00000149. The summed E-state index contributed by atoms with van der Waals surface area (Å²) in [5.41, 5.74) is 2.33. The summed E-state index contributed by atoms with van der Waals surface area (Å²) >= 11 is 0. The number of piperidine rings is 1. The van der Waals surface area contributed by atoms with Crippen molar-refractivity contribution in [2.75, 3.05) is 38.7 Å². The standard InChI is InChI=1S/C23H28N4O4.CH4O/c1-16(28)24-20-7-3-5-9-22(20)31-15-18(29)14-26-12-10-17(11-13-26)27-21-8-4-2-6-19(21)25-23(27)30;1-2/h2-9,17-18,29H,10-15H2,1H3,(H,24,28)(H,25,30);2H,1H3. The topological polar surface area (TPSA) is 120 Å². The van der Waals surface area contributed by atoms with Gasteiger partial charge in [0.25, 0.3) is 0 Å². The Morgan fingerprint density at radius 1 is 1.15 bits per heavy atom. The molecule has 0 aliphatic carbocycles. The van der Waals surface area contributed by atoms with Crippen LogP contribution in [0.15, 0.2) is 53.3 Å². The zero-order valence-corrected chi connectivity index (χ0v) is 19.0. The number of imidazole rings is 1. The fourth-order valence-electron chi connectivity index (χ4n) is 4.22. The number of hydrogen-bond acceptors (Lipinski definition) is 6. The van der Waals surface area contributed by atoms with Crippen molar-refractivity contribution in [2.24, 2.45) is 0 Å². The third-order valence-electron chi connectivity index (χ3n) is 5.64. The molecule has 0 spiro atoms. The molecule has 3 aromatic rings. The van der Waals surface area contributed by atoms with E-state index in [-0.39, 0.29) is 24.2 Å². The molecule has 1 amide bonds. The number of amides is 1. The van der Waals surface area contributed by atoms with Crippen LogP contribution >= 0.6 is 0 Å². The van der Waals surface area contributed by atoms with Crippen molar-refractivity contribution in [1.82, 2.24) is 14.5 Å². The van der Waals surface area contributed by atoms with Gasteiger partial charge in [0.15, 0.2) is 0 Å². The van der Waals surface area contributed by atoms with Crippen molar-refractivity contribution < 1.29 is 19.7 Å². The maximum atomic E-state index is 12.4. The Morgan fingerprint density at radius 2 is 1.82 bits per heavy atom. The number of aliphatic hydroxyl groups excluding tert-OH is 2. The van der Waals surface area contributed by atoms with Crippen LogP contribution < -0.4 is 15.7 Å². The van der Waals surface area contributed by atoms with E-state index < -0.39 is 6.10 Å². The Morgan fingerprint density at radius 3 is 2.55 bits per heavy atom. The van der Waals surface area contributed by atoms with Crippen LogP contribution in [0.2, 0.25) is 0 Å². The second kappa shape index (κ2) is 11.6. The Kier molecular flexibility index (Phi) is 8.65. The lowest BCUT2D eigenvalue weighted by atomic mass is 10.0. The number of aliphatic hydroxyl groups is 2. The predicted octanol–water partition coefficient (Wildman–Crippen LogP) is 1.97. The first kappa shape index (κ1) is 24.5. The van der Waals surface area contributed by atoms with Crippen LogP contribution in [0.5, 0.6) is 5.75 Å². The number of nitrogens with one attached hydrogen (secondary N) is 2. The van der Waals surface area contributed by atoms with Crippen molar-refractivity contribution >= 4 is 22.6 Å². The first-order valence-electron chi connectivity index (χ1n) is 11.0. The molecular formula is C24H32N4O5. The number of likely N-dealkylation sites (tertiary alicyclic amines) is 1. The quantitative estimate of drug-likeness (QED) is 0.432. The number of carbonyl (C=O) groups is 1. The summed E-state index contributed by atoms with van der Waals surface area (Å²) in [6.07, 6.45) is 1.04. The molecular weight excluding hydrogens is 424 g/mol. The number of aromatic nitrogens is 2. The number of rotatable bonds is 7. The number of benzene rings is 2. The van der Waals surface area contributed by atoms with Gasteiger partial charge >= 0.3 is 5.69 Å². The molecule has 1 unspecified atom stereocenters. The summed E-state index contributed by atoms with van der Waals surface area (Å²) in [5, 5.41) is 20.2. The zero-order chi connectivity index (χ0) is 23.8. The van der Waals surface area contributed by atoms with Gasteiger partial charge in [-0.3, -0.25) is 9.36 Å². The number of anilines is 1. The second-order valence-electron chi connectivity index (χ2n) is 7.99. The third-order valence-corrected chi connectivity index (χ3v) is 5.64. The van der Waals surface area contributed by atoms with Gasteiger partial charge in [-0.1, -0.05) is 24.3 Å². The first-order valence-corrected chi connectivity index (χ1v) is 11.0. The average molecular weight is 457 g/mol. The predicted molar refractivity (Wildman–Crippen MR) is 128 cm³/mol. The van der Waals surface area contributed by atoms with Gasteiger partial charge in [0.05, 0.1) is 16.7 Å². The largest absolute Gasteiger partial charge is 0.489 e. The Hall–Kier alpha value is -3.14. The summed E-state index contributed by atoms with van der Waals surface area (Å²) in [5.74, 6) is 0.364. The fraction of sp³-hybridized carbons (Fsp3) is 0.417. The van der Waals surface area contributed by atoms with E-state index in [9.17, 15) is 14.7 Å². The van der Waals surface area contributed by atoms with Gasteiger partial charge in [-0.25, -0.2) is 4.79 Å². The molecule has 4 rings (SSSR count). The second-order valence-corrected chi connectivity index (χ2v) is 7.99. The Bertz CT molecular complexity index is 1100. The van der Waals surface area contributed by atoms with Crippen molar-refractivity contribution in [2.45, 2.75) is 31.9 Å². The molecule has 1 aliphatic heterocycles. The molecule has 0 radical (unpaired) electrons. The molecule has 9 nitrogen and oxygen atoms in total. The minimum Gasteiger partial charge on any atom is -0.489 e. The van der Waals surface area contributed by atoms with E-state index in [2.05, 4.69) is 15.2 Å². The molecule has 33 heavy (non-hydrogen) atoms. The Labute approximate surface area is 192 Å². The molecule has 1 fully saturated rings. The lowest BCUT2D eigenvalue weighted by Crippen LogP contribution is -2.42. The first-order chi connectivity index (χ1) is 16.0. The minimum absolute atomic E-state index is 0.0640. The average Bonchev–Trinajstić information content (AvgIpc) is 3.16. The molecule has 178 valence electrons. The summed E-state index contributed by atoms with van der Waals surface area (Å²) in [4.78, 5) is 28.9. The molecule has 1 saturated heterocycles. The summed E-state index contributed by atoms with van der Waals surface area (Å²) in [7, 11) is 1.00. The van der Waals surface area contributed by atoms with Gasteiger partial charge in [-0.15, -0.1) is 0 Å². The van der Waals surface area contributed by atoms with Gasteiger partial charge in [-0.05, 0) is 37.1 Å². The van der Waals surface area contributed by atoms with Crippen molar-refractivity contribution in [3.05, 3.63) is 59.0 Å². The van der Waals surface area contributed by atoms with Crippen LogP contribution in [0.4, 0.5) is 5.69 Å². The van der Waals surface area contributed by atoms with E-state index >= 15 is 0 Å². The van der Waals surface area contributed by atoms with E-state index in [0.717, 1.165) is 44.1 Å². The smallest absolute Gasteiger partial charge is 0.326 e. The molecule has 1 aromatic heterocycles. The maximum Gasteiger partial charge on any atom is 0.326 e. The summed E-state index contributed by atoms with van der Waals surface area (Å²) in [6, 6.07) is 15.1. The van der Waals surface area contributed by atoms with E-state index in [1.807, 2.05) is 41.0 Å². The normalized spacial score (nSPS) is 15.5. The van der Waals surface area contributed by atoms with Crippen LogP contribution in [0.1, 0.15) is 25.8 Å². The highest BCUT2D eigenvalue weighted by Gasteiger charge is 2.24. The van der Waals surface area contributed by atoms with Crippen LogP contribution in [0.3, 0.4) is 0 Å². The number of nitrogens with zero attached hydrogens (tertiary/aromatic N) is 2. The van der Waals surface area contributed by atoms with Crippen molar-refractivity contribution in [1.29, 1.82) is 0 Å². The van der Waals surface area contributed by atoms with E-state index in [1.54, 1.807) is 12.1 Å². The number of β-amino-alcohol motifs (C(OH)–C–C–N with tert-alkyl or cyclic N) is 1. The number of H-pyrrole nitrogens is 1. The van der Waals surface area contributed by atoms with Gasteiger partial charge in [0.2, 0.25) is 5.91 Å². The lowest BCUT2D eigenvalue weighted by Gasteiger charge is -2.33. The summed E-state index contributed by atoms with van der Waals surface area (Å²) in [6.45, 7) is 3.68. The monoisotopic (exact) mass is 456 g/mol. The van der Waals surface area contributed by atoms with Crippen LogP contribution in [0.25, 0.3) is 11.0 Å². The number of fused-ring (bicyclic) bond motifs is 1. The van der Waals surface area contributed by atoms with Crippen LogP contribution in [0, 0.1) is 0 Å². The highest BCUT2D eigenvalue weighted by molar-refractivity contribution is 5.90. The van der Waals surface area contributed by atoms with Gasteiger partial charge < -0.3 is 30.2 Å². The number of ether oxygens (including phenoxy) is 1. The summed E-state index contributed by atoms with van der Waals surface area (Å²) < 4.78 is 7.61. The van der Waals surface area contributed by atoms with E-state index in [4.69, 9.17) is 9.84 Å². The van der Waals surface area contributed by atoms with E-state index in [1.165, 1.54) is 6.92 Å². The highest BCUT2D eigenvalue weighted by Crippen LogP contribution is 2.26. The highest BCUT2D eigenvalue weighted by atomic mass is 16.5. The number of carbonyl (C=O) groups excluding carboxylic acids is 1. The van der Waals surface area contributed by atoms with E-state index in [0.29, 0.717) is 18.0 Å². The SMILES string of the molecule is CC(=O)Nc1ccccc1OCC(O)CN1CCC(n2c(=O)[nH]c3ccccc32)CC1.CO. The molecule has 0 bridgehead atoms. The fourth-order valence-corrected chi connectivity index (χ4v) is 4.22. The number of hydrogen-bond donors (Lipinski definition) is 4. The lowest BCUT2D eigenvalue weighted by molar-refractivity contribution is -0.114. The van der Waals surface area contributed by atoms with Crippen LogP contribution in [-0.4, -0.2) is 70.0 Å². The van der Waals surface area contributed by atoms with Crippen molar-refractivity contribution in [3.8, 4) is 5.75 Å². The third kappa shape index (κ3) is 6.22. The van der Waals surface area contributed by atoms with Crippen LogP contribution in [-0.2, 0) is 4.79 Å². The van der Waals surface area contributed by atoms with Gasteiger partial charge in [0.1, 0.15) is 18.5 Å². The van der Waals surface area contributed by atoms with Gasteiger partial charge in [0, 0.05) is 39.7 Å². The molecule has 1 aliphatic rings. The molecule has 2 heterocycles. The molecule has 0 saturated carbocycles. The molecule has 1 atom stereocenters. The number of para-hydroxylation sites is 4. The molecule has 9 heteroatoms. The molecule has 4 N–H and O–H groups in total. The maximum absolute atomic E-state index is 12.4. The van der Waals surface area contributed by atoms with Crippen molar-refractivity contribution in [3.63, 3.8) is 0 Å².